The van der Waals surface area contributed by atoms with Gasteiger partial charge in [0.1, 0.15) is 11.4 Å². The summed E-state index contributed by atoms with van der Waals surface area (Å²) in [4.78, 5) is 43.4. The molecule has 150 valence electrons. The summed E-state index contributed by atoms with van der Waals surface area (Å²) < 4.78 is 5.40. The van der Waals surface area contributed by atoms with Crippen molar-refractivity contribution in [3.05, 3.63) is 11.6 Å². The van der Waals surface area contributed by atoms with Crippen molar-refractivity contribution in [3.8, 4) is 0 Å². The van der Waals surface area contributed by atoms with Crippen LogP contribution >= 0.6 is 7.72 Å². The van der Waals surface area contributed by atoms with Crippen molar-refractivity contribution in [2.24, 2.45) is 5.92 Å². The monoisotopic (exact) mass is 391 g/mol. The molecule has 0 aromatic heterocycles. The lowest BCUT2D eigenvalue weighted by molar-refractivity contribution is -0.143. The summed E-state index contributed by atoms with van der Waals surface area (Å²) in [6.07, 6.45) is 5.46. The second kappa shape index (κ2) is 11.5. The van der Waals surface area contributed by atoms with Crippen molar-refractivity contribution in [1.82, 2.24) is 0 Å². The molecule has 8 heteroatoms. The molecule has 0 radical (unpaired) electrons. The number of aliphatic carboxylic acids is 2. The summed E-state index contributed by atoms with van der Waals surface area (Å²) >= 11 is 0. The maximum atomic E-state index is 11.4. The molecule has 0 aromatic rings. The molecule has 0 spiro atoms. The number of ether oxygens (including phenoxy) is 1. The van der Waals surface area contributed by atoms with Gasteiger partial charge in [0, 0.05) is 12.8 Å². The highest BCUT2D eigenvalue weighted by molar-refractivity contribution is 7.68. The number of rotatable bonds is 13. The van der Waals surface area contributed by atoms with E-state index in [2.05, 4.69) is 6.92 Å². The molecule has 1 aliphatic heterocycles. The summed E-state index contributed by atoms with van der Waals surface area (Å²) in [5.41, 5.74) is -0.405. The largest absolute Gasteiger partial charge is 0.494 e. The predicted molar refractivity (Wildman–Crippen MR) is 99.8 cm³/mol. The number of carbonyl (C=O) groups is 2. The Balaban J connectivity index is 2.75. The summed E-state index contributed by atoms with van der Waals surface area (Å²) in [5, 5.41) is 18.1. The van der Waals surface area contributed by atoms with Crippen LogP contribution in [0.1, 0.15) is 71.1 Å². The molecular formula is C18H32O7P+. The quantitative estimate of drug-likeness (QED) is 0.278. The van der Waals surface area contributed by atoms with Crippen LogP contribution in [0.15, 0.2) is 11.6 Å². The van der Waals surface area contributed by atoms with E-state index in [-0.39, 0.29) is 19.3 Å². The minimum atomic E-state index is -3.36. The van der Waals surface area contributed by atoms with Crippen molar-refractivity contribution in [2.45, 2.75) is 76.8 Å². The Kier molecular flexibility index (Phi) is 10.1. The van der Waals surface area contributed by atoms with Crippen LogP contribution in [0.25, 0.3) is 0 Å². The van der Waals surface area contributed by atoms with Crippen LogP contribution < -0.4 is 0 Å². The first-order chi connectivity index (χ1) is 12.3. The number of unbranched alkanes of at least 4 members (excludes halogenated alkanes) is 2. The number of carboxylic acid groups (broad SMARTS) is 2. The van der Waals surface area contributed by atoms with Gasteiger partial charge in [0.2, 0.25) is 0 Å². The summed E-state index contributed by atoms with van der Waals surface area (Å²) in [6.45, 7) is 2.65. The van der Waals surface area contributed by atoms with Crippen LogP contribution in [0.3, 0.4) is 0 Å². The van der Waals surface area contributed by atoms with E-state index in [1.165, 1.54) is 5.82 Å². The van der Waals surface area contributed by atoms with E-state index in [9.17, 15) is 24.5 Å². The highest BCUT2D eigenvalue weighted by Crippen LogP contribution is 2.61. The van der Waals surface area contributed by atoms with Gasteiger partial charge in [-0.3, -0.25) is 9.59 Å². The summed E-state index contributed by atoms with van der Waals surface area (Å²) in [5.74, 6) is -0.760. The van der Waals surface area contributed by atoms with Crippen LogP contribution in [0.2, 0.25) is 0 Å². The lowest BCUT2D eigenvalue weighted by Crippen LogP contribution is -2.20. The minimum absolute atomic E-state index is 0.0544. The van der Waals surface area contributed by atoms with Crippen molar-refractivity contribution in [1.29, 1.82) is 0 Å². The fourth-order valence-electron chi connectivity index (χ4n) is 3.18. The Morgan fingerprint density at radius 3 is 2.42 bits per heavy atom. The highest BCUT2D eigenvalue weighted by atomic mass is 31.2. The van der Waals surface area contributed by atoms with Gasteiger partial charge in [0.15, 0.2) is 5.82 Å². The molecule has 1 saturated heterocycles. The molecule has 2 atom stereocenters. The zero-order valence-corrected chi connectivity index (χ0v) is 16.4. The van der Waals surface area contributed by atoms with E-state index >= 15 is 0 Å². The van der Waals surface area contributed by atoms with E-state index in [0.717, 1.165) is 25.7 Å². The number of hydrogen-bond donors (Lipinski definition) is 4. The summed E-state index contributed by atoms with van der Waals surface area (Å²) in [6, 6.07) is 0. The van der Waals surface area contributed by atoms with Gasteiger partial charge >= 0.3 is 11.9 Å². The minimum Gasteiger partial charge on any atom is -0.494 e. The van der Waals surface area contributed by atoms with Crippen molar-refractivity contribution < 1.29 is 34.3 Å². The molecule has 4 N–H and O–H groups in total. The smallest absolute Gasteiger partial charge is 0.306 e. The van der Waals surface area contributed by atoms with Gasteiger partial charge < -0.3 is 14.9 Å². The Labute approximate surface area is 155 Å². The highest BCUT2D eigenvalue weighted by Gasteiger charge is 2.43. The SMILES string of the molecule is CCCCCC(CCC(CCC(=O)O)C(=O)O)[P+](O)(O)C=C1CCCO1. The fraction of sp³-hybridized carbons (Fsp3) is 0.778. The van der Waals surface area contributed by atoms with Gasteiger partial charge in [-0.25, -0.2) is 9.79 Å². The first kappa shape index (κ1) is 22.9. The molecule has 0 amide bonds. The molecule has 0 bridgehead atoms. The number of hydrogen-bond acceptors (Lipinski definition) is 5. The normalized spacial score (nSPS) is 18.5. The van der Waals surface area contributed by atoms with Gasteiger partial charge in [-0.1, -0.05) is 19.8 Å². The predicted octanol–water partition coefficient (Wildman–Crippen LogP) is 3.77. The van der Waals surface area contributed by atoms with Crippen LogP contribution in [0.5, 0.6) is 0 Å². The average Bonchev–Trinajstić information content (AvgIpc) is 3.04. The first-order valence-corrected chi connectivity index (χ1v) is 11.2. The number of carboxylic acids is 2. The Hall–Kier alpha value is -1.17. The molecule has 1 fully saturated rings. The Morgan fingerprint density at radius 2 is 1.88 bits per heavy atom. The third-order valence-corrected chi connectivity index (χ3v) is 7.03. The van der Waals surface area contributed by atoms with Gasteiger partial charge in [-0.2, -0.15) is 0 Å². The molecule has 0 aromatic carbocycles. The van der Waals surface area contributed by atoms with E-state index in [1.54, 1.807) is 0 Å². The molecule has 2 unspecified atom stereocenters. The maximum Gasteiger partial charge on any atom is 0.306 e. The van der Waals surface area contributed by atoms with Crippen LogP contribution in [-0.2, 0) is 14.3 Å². The topological polar surface area (TPSA) is 124 Å². The number of allylic oxidation sites excluding steroid dienone is 1. The van der Waals surface area contributed by atoms with E-state index in [1.807, 2.05) is 0 Å². The van der Waals surface area contributed by atoms with Gasteiger partial charge in [-0.15, -0.1) is 0 Å². The lowest BCUT2D eigenvalue weighted by Gasteiger charge is -2.22. The molecular weight excluding hydrogens is 359 g/mol. The zero-order valence-electron chi connectivity index (χ0n) is 15.5. The van der Waals surface area contributed by atoms with E-state index in [4.69, 9.17) is 9.84 Å². The zero-order chi connectivity index (χ0) is 19.6. The second-order valence-electron chi connectivity index (χ2n) is 6.94. The van der Waals surface area contributed by atoms with Crippen molar-refractivity contribution in [2.75, 3.05) is 6.61 Å². The third-order valence-electron chi connectivity index (χ3n) is 4.77. The molecule has 1 heterocycles. The van der Waals surface area contributed by atoms with E-state index in [0.29, 0.717) is 31.6 Å². The second-order valence-corrected chi connectivity index (χ2v) is 9.33. The fourth-order valence-corrected chi connectivity index (χ4v) is 5.11. The van der Waals surface area contributed by atoms with Crippen molar-refractivity contribution >= 4 is 19.7 Å². The van der Waals surface area contributed by atoms with Gasteiger partial charge in [0.25, 0.3) is 7.72 Å². The average molecular weight is 391 g/mol. The van der Waals surface area contributed by atoms with E-state index < -0.39 is 31.2 Å². The summed E-state index contributed by atoms with van der Waals surface area (Å²) in [7, 11) is -3.36. The molecule has 0 saturated carbocycles. The Bertz CT molecular complexity index is 482. The standard InChI is InChI=1S/C18H31O7P/c1-2-3-4-7-16(26(23,24)13-15-6-5-12-25-15)10-8-14(18(21)22)9-11-17(19)20/h13-14,16,23-24H,2-12H2,1H3,(H-,19,20,21,22)/p+1. The Morgan fingerprint density at radius 1 is 1.15 bits per heavy atom. The molecule has 26 heavy (non-hydrogen) atoms. The lowest BCUT2D eigenvalue weighted by atomic mass is 9.95. The van der Waals surface area contributed by atoms with Crippen LogP contribution in [0, 0.1) is 5.92 Å². The van der Waals surface area contributed by atoms with Gasteiger partial charge in [0.05, 0.1) is 12.5 Å². The maximum absolute atomic E-state index is 11.4. The van der Waals surface area contributed by atoms with Crippen molar-refractivity contribution in [3.63, 3.8) is 0 Å². The van der Waals surface area contributed by atoms with Crippen LogP contribution in [-0.4, -0.2) is 44.2 Å². The molecule has 1 rings (SSSR count). The molecule has 7 nitrogen and oxygen atoms in total. The first-order valence-electron chi connectivity index (χ1n) is 9.39. The third kappa shape index (κ3) is 8.47. The van der Waals surface area contributed by atoms with Gasteiger partial charge in [-0.05, 0) is 38.5 Å². The molecule has 1 aliphatic rings. The van der Waals surface area contributed by atoms with Crippen LogP contribution in [0.4, 0.5) is 0 Å². The molecule has 0 aliphatic carbocycles.